The molecule has 0 amide bonds. The fourth-order valence-corrected chi connectivity index (χ4v) is 1.90. The summed E-state index contributed by atoms with van der Waals surface area (Å²) in [4.78, 5) is 0. The molecule has 0 fully saturated rings. The lowest BCUT2D eigenvalue weighted by Crippen LogP contribution is -2.13. The summed E-state index contributed by atoms with van der Waals surface area (Å²) in [6, 6.07) is 7.82. The number of rotatable bonds is 6. The number of hydrogen-bond acceptors (Lipinski definition) is 2. The van der Waals surface area contributed by atoms with Crippen molar-refractivity contribution >= 4 is 0 Å². The van der Waals surface area contributed by atoms with Crippen molar-refractivity contribution in [3.8, 4) is 5.75 Å². The van der Waals surface area contributed by atoms with Gasteiger partial charge in [-0.25, -0.2) is 13.2 Å². The van der Waals surface area contributed by atoms with Crippen LogP contribution in [0.2, 0.25) is 0 Å². The average Bonchev–Trinajstić information content (AvgIpc) is 2.45. The van der Waals surface area contributed by atoms with Crippen LogP contribution in [0.5, 0.6) is 5.75 Å². The largest absolute Gasteiger partial charge is 0.485 e. The third kappa shape index (κ3) is 3.98. The molecule has 2 rings (SSSR count). The molecule has 2 nitrogen and oxygen atoms in total. The molecule has 0 aliphatic carbocycles. The molecule has 2 aromatic carbocycles. The van der Waals surface area contributed by atoms with Crippen LogP contribution in [0.25, 0.3) is 0 Å². The topological polar surface area (TPSA) is 21.3 Å². The molecule has 0 atom stereocenters. The van der Waals surface area contributed by atoms with Gasteiger partial charge in [-0.1, -0.05) is 19.1 Å². The van der Waals surface area contributed by atoms with Gasteiger partial charge in [-0.3, -0.25) is 0 Å². The van der Waals surface area contributed by atoms with Gasteiger partial charge in [-0.05, 0) is 24.7 Å². The fraction of sp³-hybridized carbons (Fsp3) is 0.250. The van der Waals surface area contributed by atoms with E-state index in [1.807, 2.05) is 6.92 Å². The maximum atomic E-state index is 13.8. The lowest BCUT2D eigenvalue weighted by Gasteiger charge is -2.13. The Labute approximate surface area is 121 Å². The molecule has 0 aliphatic rings. The number of ether oxygens (including phenoxy) is 1. The first-order valence-corrected chi connectivity index (χ1v) is 6.66. The molecule has 112 valence electrons. The minimum atomic E-state index is -0.709. The molecule has 1 N–H and O–H groups in total. The van der Waals surface area contributed by atoms with Crippen LogP contribution in [0.1, 0.15) is 18.1 Å². The highest BCUT2D eigenvalue weighted by atomic mass is 19.1. The maximum absolute atomic E-state index is 13.8. The van der Waals surface area contributed by atoms with Crippen molar-refractivity contribution in [2.75, 3.05) is 6.54 Å². The van der Waals surface area contributed by atoms with Crippen LogP contribution in [0.3, 0.4) is 0 Å². The summed E-state index contributed by atoms with van der Waals surface area (Å²) in [6.45, 7) is 2.97. The van der Waals surface area contributed by atoms with Crippen molar-refractivity contribution in [3.05, 3.63) is 65.0 Å². The van der Waals surface area contributed by atoms with Gasteiger partial charge in [-0.2, -0.15) is 0 Å². The van der Waals surface area contributed by atoms with Gasteiger partial charge in [0.25, 0.3) is 0 Å². The Balaban J connectivity index is 2.15. The predicted octanol–water partition coefficient (Wildman–Crippen LogP) is 3.79. The molecule has 0 aromatic heterocycles. The molecule has 0 unspecified atom stereocenters. The van der Waals surface area contributed by atoms with Gasteiger partial charge in [0, 0.05) is 23.7 Å². The van der Waals surface area contributed by atoms with Crippen molar-refractivity contribution in [3.63, 3.8) is 0 Å². The number of halogens is 3. The second-order valence-electron chi connectivity index (χ2n) is 4.53. The molecule has 21 heavy (non-hydrogen) atoms. The summed E-state index contributed by atoms with van der Waals surface area (Å²) in [7, 11) is 0. The maximum Gasteiger partial charge on any atom is 0.165 e. The molecule has 0 aliphatic heterocycles. The Kier molecular flexibility index (Phi) is 5.22. The highest BCUT2D eigenvalue weighted by Crippen LogP contribution is 2.24. The van der Waals surface area contributed by atoms with Gasteiger partial charge >= 0.3 is 0 Å². The van der Waals surface area contributed by atoms with Gasteiger partial charge in [0.1, 0.15) is 18.2 Å². The number of para-hydroxylation sites is 1. The van der Waals surface area contributed by atoms with Crippen LogP contribution < -0.4 is 10.1 Å². The van der Waals surface area contributed by atoms with Gasteiger partial charge in [-0.15, -0.1) is 0 Å². The van der Waals surface area contributed by atoms with E-state index in [1.165, 1.54) is 12.1 Å². The Morgan fingerprint density at radius 1 is 1.00 bits per heavy atom. The van der Waals surface area contributed by atoms with Crippen LogP contribution in [0.4, 0.5) is 13.2 Å². The third-order valence-electron chi connectivity index (χ3n) is 3.00. The summed E-state index contributed by atoms with van der Waals surface area (Å²) < 4.78 is 45.6. The first kappa shape index (κ1) is 15.4. The van der Waals surface area contributed by atoms with E-state index in [9.17, 15) is 13.2 Å². The minimum absolute atomic E-state index is 0.0853. The second-order valence-corrected chi connectivity index (χ2v) is 4.53. The first-order chi connectivity index (χ1) is 10.1. The van der Waals surface area contributed by atoms with Gasteiger partial charge in [0.15, 0.2) is 11.6 Å². The lowest BCUT2D eigenvalue weighted by molar-refractivity contribution is 0.280. The van der Waals surface area contributed by atoms with Crippen LogP contribution in [0.15, 0.2) is 36.4 Å². The SMILES string of the molecule is CCNCc1cccc(F)c1OCc1ccc(F)cc1F. The normalized spacial score (nSPS) is 10.7. The van der Waals surface area contributed by atoms with E-state index >= 15 is 0 Å². The first-order valence-electron chi connectivity index (χ1n) is 6.66. The second kappa shape index (κ2) is 7.13. The summed E-state index contributed by atoms with van der Waals surface area (Å²) in [5, 5.41) is 3.08. The van der Waals surface area contributed by atoms with E-state index < -0.39 is 17.5 Å². The zero-order valence-electron chi connectivity index (χ0n) is 11.6. The third-order valence-corrected chi connectivity index (χ3v) is 3.00. The molecule has 0 saturated heterocycles. The quantitative estimate of drug-likeness (QED) is 0.875. The number of benzene rings is 2. The summed E-state index contributed by atoms with van der Waals surface area (Å²) >= 11 is 0. The van der Waals surface area contributed by atoms with Crippen LogP contribution in [-0.4, -0.2) is 6.54 Å². The molecule has 5 heteroatoms. The Morgan fingerprint density at radius 3 is 2.52 bits per heavy atom. The van der Waals surface area contributed by atoms with Gasteiger partial charge in [0.2, 0.25) is 0 Å². The smallest absolute Gasteiger partial charge is 0.165 e. The molecule has 0 bridgehead atoms. The Morgan fingerprint density at radius 2 is 1.81 bits per heavy atom. The molecule has 0 spiro atoms. The fourth-order valence-electron chi connectivity index (χ4n) is 1.90. The number of hydrogen-bond donors (Lipinski definition) is 1. The van der Waals surface area contributed by atoms with Crippen LogP contribution in [0, 0.1) is 17.5 Å². The van der Waals surface area contributed by atoms with Crippen molar-refractivity contribution in [1.82, 2.24) is 5.32 Å². The highest BCUT2D eigenvalue weighted by molar-refractivity contribution is 5.35. The van der Waals surface area contributed by atoms with Crippen LogP contribution >= 0.6 is 0 Å². The van der Waals surface area contributed by atoms with E-state index in [4.69, 9.17) is 4.74 Å². The highest BCUT2D eigenvalue weighted by Gasteiger charge is 2.11. The summed E-state index contributed by atoms with van der Waals surface area (Å²) in [5.41, 5.74) is 0.827. The van der Waals surface area contributed by atoms with Crippen molar-refractivity contribution in [2.24, 2.45) is 0 Å². The zero-order chi connectivity index (χ0) is 15.2. The monoisotopic (exact) mass is 295 g/mol. The van der Waals surface area contributed by atoms with Crippen molar-refractivity contribution < 1.29 is 17.9 Å². The standard InChI is InChI=1S/C16H16F3NO/c1-2-20-9-11-4-3-5-14(18)16(11)21-10-12-6-7-13(17)8-15(12)19/h3-8,20H,2,9-10H2,1H3. The molecule has 0 radical (unpaired) electrons. The molecule has 2 aromatic rings. The van der Waals surface area contributed by atoms with E-state index in [1.54, 1.807) is 12.1 Å². The summed E-state index contributed by atoms with van der Waals surface area (Å²) in [5.74, 6) is -1.79. The molecular formula is C16H16F3NO. The van der Waals surface area contributed by atoms with E-state index in [0.29, 0.717) is 12.1 Å². The summed E-state index contributed by atoms with van der Waals surface area (Å²) in [6.07, 6.45) is 0. The Hall–Kier alpha value is -2.01. The minimum Gasteiger partial charge on any atom is -0.485 e. The average molecular weight is 295 g/mol. The number of nitrogens with one attached hydrogen (secondary N) is 1. The molecular weight excluding hydrogens is 279 g/mol. The van der Waals surface area contributed by atoms with Crippen LogP contribution in [-0.2, 0) is 13.2 Å². The van der Waals surface area contributed by atoms with E-state index in [-0.39, 0.29) is 17.9 Å². The van der Waals surface area contributed by atoms with Gasteiger partial charge < -0.3 is 10.1 Å². The van der Waals surface area contributed by atoms with E-state index in [0.717, 1.165) is 18.7 Å². The van der Waals surface area contributed by atoms with Gasteiger partial charge in [0.05, 0.1) is 0 Å². The van der Waals surface area contributed by atoms with Crippen molar-refractivity contribution in [2.45, 2.75) is 20.1 Å². The van der Waals surface area contributed by atoms with E-state index in [2.05, 4.69) is 5.32 Å². The zero-order valence-corrected chi connectivity index (χ0v) is 11.6. The Bertz CT molecular complexity index is 616. The molecule has 0 heterocycles. The lowest BCUT2D eigenvalue weighted by atomic mass is 10.2. The van der Waals surface area contributed by atoms with Crippen molar-refractivity contribution in [1.29, 1.82) is 0 Å². The predicted molar refractivity (Wildman–Crippen MR) is 74.5 cm³/mol. The molecule has 0 saturated carbocycles.